The van der Waals surface area contributed by atoms with Gasteiger partial charge in [-0.3, -0.25) is 9.69 Å². The van der Waals surface area contributed by atoms with Crippen molar-refractivity contribution in [3.05, 3.63) is 83.3 Å². The number of halogens is 1. The summed E-state index contributed by atoms with van der Waals surface area (Å²) < 4.78 is 21.0. The molecule has 2 heterocycles. The molecule has 1 N–H and O–H groups in total. The van der Waals surface area contributed by atoms with E-state index < -0.39 is 5.97 Å². The van der Waals surface area contributed by atoms with Gasteiger partial charge in [0.15, 0.2) is 0 Å². The lowest BCUT2D eigenvalue weighted by Gasteiger charge is -2.36. The van der Waals surface area contributed by atoms with E-state index in [2.05, 4.69) is 24.9 Å². The van der Waals surface area contributed by atoms with Crippen molar-refractivity contribution in [1.29, 1.82) is 5.26 Å². The van der Waals surface area contributed by atoms with Crippen molar-refractivity contribution in [1.82, 2.24) is 9.88 Å². The van der Waals surface area contributed by atoms with Crippen molar-refractivity contribution in [2.45, 2.75) is 26.8 Å². The maximum absolute atomic E-state index is 15.3. The maximum Gasteiger partial charge on any atom is 0.309 e. The Bertz CT molecular complexity index is 1590. The SMILES string of the molecule is COc1cc(-c2cnc(-c3ccc(CN4CC(C(=O)O)C4)cc3F)s2)c(-c2ccccc2)c(C#N)c1CC(C)C. The number of rotatable bonds is 9. The van der Waals surface area contributed by atoms with Crippen LogP contribution in [0.3, 0.4) is 0 Å². The molecule has 8 heteroatoms. The summed E-state index contributed by atoms with van der Waals surface area (Å²) in [5.74, 6) is -0.530. The van der Waals surface area contributed by atoms with Gasteiger partial charge >= 0.3 is 5.97 Å². The van der Waals surface area contributed by atoms with Crippen LogP contribution in [0.15, 0.2) is 60.8 Å². The predicted molar refractivity (Wildman–Crippen MR) is 155 cm³/mol. The van der Waals surface area contributed by atoms with Crippen molar-refractivity contribution in [2.75, 3.05) is 20.2 Å². The van der Waals surface area contributed by atoms with Gasteiger partial charge in [0.2, 0.25) is 0 Å². The minimum absolute atomic E-state index is 0.330. The molecule has 1 aliphatic rings. The number of hydrogen-bond donors (Lipinski definition) is 1. The van der Waals surface area contributed by atoms with E-state index in [1.807, 2.05) is 47.4 Å². The molecule has 0 unspecified atom stereocenters. The highest BCUT2D eigenvalue weighted by atomic mass is 32.1. The van der Waals surface area contributed by atoms with Crippen molar-refractivity contribution < 1.29 is 19.0 Å². The zero-order valence-corrected chi connectivity index (χ0v) is 23.5. The summed E-state index contributed by atoms with van der Waals surface area (Å²) in [5.41, 5.74) is 5.21. The summed E-state index contributed by atoms with van der Waals surface area (Å²) in [6, 6.07) is 19.3. The van der Waals surface area contributed by atoms with Crippen LogP contribution in [0.2, 0.25) is 0 Å². The molecule has 0 aliphatic carbocycles. The molecule has 4 aromatic rings. The molecule has 0 atom stereocenters. The van der Waals surface area contributed by atoms with Crippen molar-refractivity contribution in [2.24, 2.45) is 11.8 Å². The smallest absolute Gasteiger partial charge is 0.309 e. The number of benzene rings is 3. The van der Waals surface area contributed by atoms with Crippen LogP contribution in [0.5, 0.6) is 5.75 Å². The standard InChI is InChI=1S/C32H30FN3O3S/c1-19(2)11-24-26(14-34)30(21-7-5-4-6-8-21)25(13-28(24)39-3)29-15-35-31(40-29)23-10-9-20(12-27(23)33)16-36-17-22(18-36)32(37)38/h4-10,12-13,15,19,22H,11,16-18H2,1-3H3,(H,37,38). The van der Waals surface area contributed by atoms with Gasteiger partial charge in [-0.15, -0.1) is 11.3 Å². The molecule has 1 aromatic heterocycles. The molecule has 40 heavy (non-hydrogen) atoms. The fourth-order valence-electron chi connectivity index (χ4n) is 5.18. The normalized spacial score (nSPS) is 13.7. The lowest BCUT2D eigenvalue weighted by Crippen LogP contribution is -2.49. The molecule has 1 saturated heterocycles. The molecule has 204 valence electrons. The zero-order chi connectivity index (χ0) is 28.4. The Balaban J connectivity index is 1.52. The number of methoxy groups -OCH3 is 1. The van der Waals surface area contributed by atoms with E-state index in [-0.39, 0.29) is 11.7 Å². The number of carboxylic acid groups (broad SMARTS) is 1. The highest BCUT2D eigenvalue weighted by Gasteiger charge is 2.32. The Hall–Kier alpha value is -4.06. The average molecular weight is 556 g/mol. The number of ether oxygens (including phenoxy) is 1. The van der Waals surface area contributed by atoms with Crippen LogP contribution in [0.25, 0.3) is 32.1 Å². The minimum atomic E-state index is -0.790. The van der Waals surface area contributed by atoms with Gasteiger partial charge in [0.1, 0.15) is 22.6 Å². The number of aliphatic carboxylic acids is 1. The van der Waals surface area contributed by atoms with Crippen LogP contribution in [0.4, 0.5) is 4.39 Å². The van der Waals surface area contributed by atoms with Gasteiger partial charge in [-0.2, -0.15) is 5.26 Å². The van der Waals surface area contributed by atoms with Crippen LogP contribution in [0, 0.1) is 29.0 Å². The predicted octanol–water partition coefficient (Wildman–Crippen LogP) is 6.88. The van der Waals surface area contributed by atoms with Crippen molar-refractivity contribution >= 4 is 17.3 Å². The van der Waals surface area contributed by atoms with Crippen LogP contribution in [-0.2, 0) is 17.8 Å². The van der Waals surface area contributed by atoms with Gasteiger partial charge in [-0.25, -0.2) is 9.37 Å². The number of hydrogen-bond acceptors (Lipinski definition) is 6. The van der Waals surface area contributed by atoms with Crippen LogP contribution < -0.4 is 4.74 Å². The molecule has 0 saturated carbocycles. The maximum atomic E-state index is 15.3. The molecule has 0 amide bonds. The van der Waals surface area contributed by atoms with Crippen molar-refractivity contribution in [3.8, 4) is 44.0 Å². The lowest BCUT2D eigenvalue weighted by atomic mass is 9.87. The van der Waals surface area contributed by atoms with Gasteiger partial charge in [0.05, 0.1) is 23.5 Å². The number of nitriles is 1. The number of likely N-dealkylation sites (tertiary alicyclic amines) is 1. The van der Waals surface area contributed by atoms with E-state index in [1.165, 1.54) is 17.4 Å². The molecule has 5 rings (SSSR count). The highest BCUT2D eigenvalue weighted by Crippen LogP contribution is 2.44. The van der Waals surface area contributed by atoms with E-state index in [1.54, 1.807) is 19.4 Å². The Morgan fingerprint density at radius 3 is 2.58 bits per heavy atom. The van der Waals surface area contributed by atoms with E-state index in [0.717, 1.165) is 32.7 Å². The zero-order valence-electron chi connectivity index (χ0n) is 22.6. The first kappa shape index (κ1) is 27.5. The number of aromatic nitrogens is 1. The van der Waals surface area contributed by atoms with E-state index >= 15 is 4.39 Å². The highest BCUT2D eigenvalue weighted by molar-refractivity contribution is 7.18. The summed E-state index contributed by atoms with van der Waals surface area (Å²) in [6.07, 6.45) is 2.43. The second-order valence-corrected chi connectivity index (χ2v) is 11.5. The molecule has 0 spiro atoms. The lowest BCUT2D eigenvalue weighted by molar-refractivity contribution is -0.147. The summed E-state index contributed by atoms with van der Waals surface area (Å²) in [5, 5.41) is 20.0. The largest absolute Gasteiger partial charge is 0.496 e. The van der Waals surface area contributed by atoms with E-state index in [9.17, 15) is 10.1 Å². The number of thiazole rings is 1. The number of carboxylic acids is 1. The second kappa shape index (κ2) is 11.6. The molecule has 0 radical (unpaired) electrons. The number of nitrogens with zero attached hydrogens (tertiary/aromatic N) is 3. The Morgan fingerprint density at radius 2 is 1.95 bits per heavy atom. The first-order valence-corrected chi connectivity index (χ1v) is 14.0. The molecule has 6 nitrogen and oxygen atoms in total. The molecular formula is C32H30FN3O3S. The Morgan fingerprint density at radius 1 is 1.20 bits per heavy atom. The average Bonchev–Trinajstić information content (AvgIpc) is 3.40. The fraction of sp³-hybridized carbons (Fsp3) is 0.281. The first-order valence-electron chi connectivity index (χ1n) is 13.2. The quantitative estimate of drug-likeness (QED) is 0.242. The van der Waals surface area contributed by atoms with Crippen molar-refractivity contribution in [3.63, 3.8) is 0 Å². The van der Waals surface area contributed by atoms with Gasteiger partial charge in [0, 0.05) is 48.1 Å². The van der Waals surface area contributed by atoms with Crippen LogP contribution >= 0.6 is 11.3 Å². The topological polar surface area (TPSA) is 86.4 Å². The summed E-state index contributed by atoms with van der Waals surface area (Å²) >= 11 is 1.37. The minimum Gasteiger partial charge on any atom is -0.496 e. The third kappa shape index (κ3) is 5.48. The molecule has 0 bridgehead atoms. The van der Waals surface area contributed by atoms with Gasteiger partial charge in [0.25, 0.3) is 0 Å². The summed E-state index contributed by atoms with van der Waals surface area (Å²) in [7, 11) is 1.61. The second-order valence-electron chi connectivity index (χ2n) is 10.5. The molecule has 3 aromatic carbocycles. The van der Waals surface area contributed by atoms with E-state index in [0.29, 0.717) is 53.9 Å². The third-order valence-electron chi connectivity index (χ3n) is 7.15. The number of carbonyl (C=O) groups is 1. The van der Waals surface area contributed by atoms with Gasteiger partial charge in [-0.05, 0) is 41.7 Å². The first-order chi connectivity index (χ1) is 19.3. The summed E-state index contributed by atoms with van der Waals surface area (Å²) in [4.78, 5) is 18.4. The Kier molecular flexibility index (Phi) is 7.97. The van der Waals surface area contributed by atoms with Crippen LogP contribution in [-0.4, -0.2) is 41.2 Å². The van der Waals surface area contributed by atoms with Gasteiger partial charge < -0.3 is 9.84 Å². The monoisotopic (exact) mass is 555 g/mol. The third-order valence-corrected chi connectivity index (χ3v) is 8.21. The molecule has 1 fully saturated rings. The van der Waals surface area contributed by atoms with E-state index in [4.69, 9.17) is 9.84 Å². The Labute approximate surface area is 237 Å². The molecular weight excluding hydrogens is 525 g/mol. The van der Waals surface area contributed by atoms with Gasteiger partial charge in [-0.1, -0.05) is 50.2 Å². The summed E-state index contributed by atoms with van der Waals surface area (Å²) in [6.45, 7) is 5.68. The fourth-order valence-corrected chi connectivity index (χ4v) is 6.15. The van der Waals surface area contributed by atoms with Crippen LogP contribution in [0.1, 0.15) is 30.5 Å². The molecule has 1 aliphatic heterocycles.